The van der Waals surface area contributed by atoms with Crippen LogP contribution in [0.25, 0.3) is 0 Å². The lowest BCUT2D eigenvalue weighted by molar-refractivity contribution is -0.173. The first kappa shape index (κ1) is 49.5. The van der Waals surface area contributed by atoms with Gasteiger partial charge in [0, 0.05) is 26.6 Å². The molecule has 338 valence electrons. The van der Waals surface area contributed by atoms with E-state index in [4.69, 9.17) is 27.7 Å². The van der Waals surface area contributed by atoms with E-state index in [9.17, 15) is 58.8 Å². The van der Waals surface area contributed by atoms with Crippen LogP contribution in [0.2, 0.25) is 0 Å². The average molecular weight is 874 g/mol. The molecule has 16 N–H and O–H groups in total. The Morgan fingerprint density at radius 3 is 2.02 bits per heavy atom. The maximum absolute atomic E-state index is 14.2. The molecular formula is C35H59N11O13S. The number of primary amides is 1. The van der Waals surface area contributed by atoms with Gasteiger partial charge in [-0.1, -0.05) is 0 Å². The molecule has 7 amide bonds. The van der Waals surface area contributed by atoms with Crippen molar-refractivity contribution >= 4 is 65.0 Å². The Hall–Kier alpha value is -4.82. The van der Waals surface area contributed by atoms with Gasteiger partial charge in [0.2, 0.25) is 41.4 Å². The number of ether oxygens (including phenoxy) is 1. The second-order valence-electron chi connectivity index (χ2n) is 14.9. The number of thioether (sulfide) groups is 1. The van der Waals surface area contributed by atoms with E-state index >= 15 is 0 Å². The van der Waals surface area contributed by atoms with Gasteiger partial charge >= 0.3 is 5.97 Å². The van der Waals surface area contributed by atoms with Gasteiger partial charge in [-0.2, -0.15) is 0 Å². The molecule has 0 radical (unpaired) electrons. The van der Waals surface area contributed by atoms with Crippen LogP contribution in [0, 0.1) is 0 Å². The molecule has 0 aliphatic carbocycles. The number of aliphatic hydroxyl groups is 3. The minimum absolute atomic E-state index is 0.0362. The Bertz CT molecular complexity index is 1600. The van der Waals surface area contributed by atoms with Gasteiger partial charge in [0.25, 0.3) is 0 Å². The number of hydrogen-bond acceptors (Lipinski definition) is 15. The molecule has 0 unspecified atom stereocenters. The summed E-state index contributed by atoms with van der Waals surface area (Å²) in [6, 6.07) is -8.70. The fourth-order valence-electron chi connectivity index (χ4n) is 7.23. The third-order valence-electron chi connectivity index (χ3n) is 10.2. The van der Waals surface area contributed by atoms with Crippen molar-refractivity contribution in [2.45, 2.75) is 131 Å². The Balaban J connectivity index is 1.93. The number of nitrogens with one attached hydrogen (secondary N) is 4. The number of aliphatic carboxylic acids is 1. The fourth-order valence-corrected chi connectivity index (χ4v) is 8.49. The Kier molecular flexibility index (Phi) is 19.2. The van der Waals surface area contributed by atoms with Gasteiger partial charge in [0.15, 0.2) is 5.96 Å². The van der Waals surface area contributed by atoms with E-state index in [0.717, 1.165) is 11.8 Å². The summed E-state index contributed by atoms with van der Waals surface area (Å²) in [6.45, 7) is 2.37. The lowest BCUT2D eigenvalue weighted by Crippen LogP contribution is -2.63. The summed E-state index contributed by atoms with van der Waals surface area (Å²) in [5.74, 6) is -7.14. The van der Waals surface area contributed by atoms with Crippen LogP contribution in [0.5, 0.6) is 0 Å². The SMILES string of the molecule is CC(=O)N[C@@H]1[C@@H](O)[C@@H](O)[C@@H](CO)O[C@@H]1SCC[C@H](NC(=O)[C@H](CC(=O)O)NC(=O)[C@@H]1CCCN1C(=O)[C@H](C)N)C(=O)N[C@@H](CCCN=C(N)N)C(=O)N1CCC[C@H]1C(N)=O. The van der Waals surface area contributed by atoms with Crippen molar-refractivity contribution in [2.75, 3.05) is 32.0 Å². The van der Waals surface area contributed by atoms with Crippen LogP contribution in [0.4, 0.5) is 0 Å². The normalized spacial score (nSPS) is 25.9. The van der Waals surface area contributed by atoms with Gasteiger partial charge < -0.3 is 79.2 Å². The average Bonchev–Trinajstić information content (AvgIpc) is 3.88. The van der Waals surface area contributed by atoms with Crippen molar-refractivity contribution in [1.29, 1.82) is 0 Å². The topological polar surface area (TPSA) is 398 Å². The summed E-state index contributed by atoms with van der Waals surface area (Å²) < 4.78 is 5.76. The Morgan fingerprint density at radius 2 is 1.45 bits per heavy atom. The lowest BCUT2D eigenvalue weighted by atomic mass is 9.98. The van der Waals surface area contributed by atoms with E-state index < -0.39 is 126 Å². The number of carbonyl (C=O) groups is 8. The van der Waals surface area contributed by atoms with Gasteiger partial charge in [0.05, 0.1) is 25.1 Å². The number of hydrogen-bond donors (Lipinski definition) is 12. The predicted octanol–water partition coefficient (Wildman–Crippen LogP) is -6.15. The number of nitrogens with zero attached hydrogens (tertiary/aromatic N) is 3. The molecular weight excluding hydrogens is 815 g/mol. The number of carbonyl (C=O) groups excluding carboxylic acids is 7. The minimum atomic E-state index is -1.75. The highest BCUT2D eigenvalue weighted by atomic mass is 32.2. The molecule has 60 heavy (non-hydrogen) atoms. The molecule has 3 fully saturated rings. The van der Waals surface area contributed by atoms with Crippen LogP contribution < -0.4 is 44.2 Å². The van der Waals surface area contributed by atoms with Crippen molar-refractivity contribution in [3.63, 3.8) is 0 Å². The first-order chi connectivity index (χ1) is 28.3. The van der Waals surface area contributed by atoms with Crippen molar-refractivity contribution in [3.05, 3.63) is 0 Å². The zero-order chi connectivity index (χ0) is 44.8. The number of aliphatic imine (C=N–C) groups is 1. The molecule has 3 heterocycles. The van der Waals surface area contributed by atoms with Crippen molar-refractivity contribution < 1.29 is 63.5 Å². The van der Waals surface area contributed by atoms with Crippen LogP contribution in [-0.4, -0.2) is 182 Å². The molecule has 11 atom stereocenters. The van der Waals surface area contributed by atoms with Crippen LogP contribution in [0.1, 0.15) is 65.2 Å². The summed E-state index contributed by atoms with van der Waals surface area (Å²) in [5.41, 5.74) is 21.1. The number of likely N-dealkylation sites (tertiary alicyclic amines) is 2. The zero-order valence-electron chi connectivity index (χ0n) is 33.6. The quantitative estimate of drug-likeness (QED) is 0.0290. The van der Waals surface area contributed by atoms with Crippen LogP contribution in [0.3, 0.4) is 0 Å². The molecule has 0 bridgehead atoms. The number of rotatable bonds is 21. The van der Waals surface area contributed by atoms with Gasteiger partial charge in [-0.15, -0.1) is 11.8 Å². The Morgan fingerprint density at radius 1 is 0.850 bits per heavy atom. The maximum Gasteiger partial charge on any atom is 0.305 e. The number of amides is 7. The number of guanidine groups is 1. The number of carboxylic acid groups (broad SMARTS) is 1. The highest BCUT2D eigenvalue weighted by Gasteiger charge is 2.45. The van der Waals surface area contributed by atoms with Crippen LogP contribution in [-0.2, 0) is 43.1 Å². The van der Waals surface area contributed by atoms with Gasteiger partial charge in [0.1, 0.15) is 54.0 Å². The van der Waals surface area contributed by atoms with Crippen molar-refractivity contribution in [2.24, 2.45) is 27.9 Å². The van der Waals surface area contributed by atoms with Gasteiger partial charge in [-0.05, 0) is 57.6 Å². The van der Waals surface area contributed by atoms with Crippen molar-refractivity contribution in [1.82, 2.24) is 31.1 Å². The minimum Gasteiger partial charge on any atom is -0.481 e. The highest BCUT2D eigenvalue weighted by Crippen LogP contribution is 2.29. The summed E-state index contributed by atoms with van der Waals surface area (Å²) in [5, 5.41) is 50.6. The summed E-state index contributed by atoms with van der Waals surface area (Å²) >= 11 is 0.939. The monoisotopic (exact) mass is 873 g/mol. The third-order valence-corrected chi connectivity index (χ3v) is 11.4. The molecule has 0 aromatic carbocycles. The number of carboxylic acids is 1. The molecule has 3 rings (SSSR count). The van der Waals surface area contributed by atoms with Gasteiger partial charge in [-0.3, -0.25) is 43.3 Å². The predicted molar refractivity (Wildman–Crippen MR) is 213 cm³/mol. The molecule has 0 aromatic heterocycles. The van der Waals surface area contributed by atoms with E-state index in [1.165, 1.54) is 23.6 Å². The largest absolute Gasteiger partial charge is 0.481 e. The first-order valence-electron chi connectivity index (χ1n) is 19.6. The first-order valence-corrected chi connectivity index (χ1v) is 20.7. The molecule has 0 aromatic rings. The second-order valence-corrected chi connectivity index (χ2v) is 16.1. The zero-order valence-corrected chi connectivity index (χ0v) is 34.4. The van der Waals surface area contributed by atoms with E-state index in [1.54, 1.807) is 0 Å². The van der Waals surface area contributed by atoms with Gasteiger partial charge in [-0.25, -0.2) is 0 Å². The van der Waals surface area contributed by atoms with Crippen molar-refractivity contribution in [3.8, 4) is 0 Å². The molecule has 25 heteroatoms. The maximum atomic E-state index is 14.2. The van der Waals surface area contributed by atoms with E-state index in [0.29, 0.717) is 19.3 Å². The molecule has 3 aliphatic heterocycles. The summed E-state index contributed by atoms with van der Waals surface area (Å²) in [6.07, 6.45) is -4.03. The van der Waals surface area contributed by atoms with E-state index in [1.807, 2.05) is 0 Å². The van der Waals surface area contributed by atoms with E-state index in [-0.39, 0.29) is 57.0 Å². The van der Waals surface area contributed by atoms with Crippen LogP contribution in [0.15, 0.2) is 4.99 Å². The molecule has 0 spiro atoms. The van der Waals surface area contributed by atoms with E-state index in [2.05, 4.69) is 26.3 Å². The highest BCUT2D eigenvalue weighted by molar-refractivity contribution is 7.99. The Labute approximate surface area is 350 Å². The fraction of sp³-hybridized carbons (Fsp3) is 0.743. The summed E-state index contributed by atoms with van der Waals surface area (Å²) in [7, 11) is 0. The molecule has 24 nitrogen and oxygen atoms in total. The van der Waals surface area contributed by atoms with Crippen LogP contribution >= 0.6 is 11.8 Å². The molecule has 3 aliphatic rings. The number of nitrogens with two attached hydrogens (primary N) is 4. The smallest absolute Gasteiger partial charge is 0.305 e. The molecule has 3 saturated heterocycles. The second kappa shape index (κ2) is 23.3. The number of aliphatic hydroxyl groups excluding tert-OH is 3. The standard InChI is InChI=1S/C35H59N11O13S/c1-16(36)32(57)46-12-5-8-22(46)31(56)44-20(14-24(49)50)30(55)42-18(9-13-60-34-25(41-17(2)48)27(52)26(51)23(15-47)59-34)29(54)43-19(6-3-10-40-35(38)39)33(58)45-11-4-7-21(45)28(37)53/h16,18-23,25-27,34,47,51-52H,3-15,36H2,1-2H3,(H2,37,53)(H,41,48)(H,42,55)(H,43,54)(H,44,56)(H,49,50)(H4,38,39,40)/t16-,18-,19-,20-,21-,22-,23+,25+,26-,27+,34+/m0/s1. The lowest BCUT2D eigenvalue weighted by Gasteiger charge is -2.42. The summed E-state index contributed by atoms with van der Waals surface area (Å²) in [4.78, 5) is 111. The molecule has 0 saturated carbocycles. The third kappa shape index (κ3) is 13.9.